The molecule has 0 spiro atoms. The van der Waals surface area contributed by atoms with Gasteiger partial charge in [-0.1, -0.05) is 29.8 Å². The molecule has 1 aliphatic rings. The van der Waals surface area contributed by atoms with Gasteiger partial charge in [0, 0.05) is 36.6 Å². The number of esters is 1. The summed E-state index contributed by atoms with van der Waals surface area (Å²) in [5.74, 6) is -0.232. The van der Waals surface area contributed by atoms with Crippen LogP contribution in [0, 0.1) is 0 Å². The summed E-state index contributed by atoms with van der Waals surface area (Å²) in [6, 6.07) is 13.9. The second-order valence-corrected chi connectivity index (χ2v) is 7.50. The number of carbonyl (C=O) groups is 3. The summed E-state index contributed by atoms with van der Waals surface area (Å²) in [6.45, 7) is 2.43. The Hall–Kier alpha value is -2.86. The summed E-state index contributed by atoms with van der Waals surface area (Å²) >= 11 is 5.96. The lowest BCUT2D eigenvalue weighted by Crippen LogP contribution is -2.46. The number of halogens is 1. The monoisotopic (exact) mass is 414 g/mol. The van der Waals surface area contributed by atoms with Gasteiger partial charge in [0.15, 0.2) is 0 Å². The third-order valence-electron chi connectivity index (χ3n) is 4.74. The van der Waals surface area contributed by atoms with Crippen molar-refractivity contribution in [2.24, 2.45) is 0 Å². The molecule has 1 N–H and O–H groups in total. The summed E-state index contributed by atoms with van der Waals surface area (Å²) in [5, 5.41) is 3.65. The van der Waals surface area contributed by atoms with E-state index in [-0.39, 0.29) is 24.3 Å². The average Bonchev–Trinajstić information content (AvgIpc) is 2.67. The number of rotatable bonds is 5. The van der Waals surface area contributed by atoms with Crippen LogP contribution >= 0.6 is 11.6 Å². The van der Waals surface area contributed by atoms with E-state index >= 15 is 0 Å². The minimum absolute atomic E-state index is 0.0399. The number of hydrogen-bond donors (Lipinski definition) is 1. The highest BCUT2D eigenvalue weighted by atomic mass is 35.5. The number of nitrogens with one attached hydrogen (secondary N) is 1. The number of piperidine rings is 1. The molecule has 3 rings (SSSR count). The summed E-state index contributed by atoms with van der Waals surface area (Å²) in [5.41, 5.74) is 1.35. The number of nitrogens with zero attached hydrogens (tertiary/aromatic N) is 1. The van der Waals surface area contributed by atoms with E-state index < -0.39 is 5.97 Å². The molecule has 0 aromatic heterocycles. The van der Waals surface area contributed by atoms with Gasteiger partial charge in [-0.15, -0.1) is 0 Å². The fourth-order valence-corrected chi connectivity index (χ4v) is 3.59. The first-order chi connectivity index (χ1) is 13.9. The van der Waals surface area contributed by atoms with Crippen molar-refractivity contribution in [2.45, 2.75) is 32.2 Å². The van der Waals surface area contributed by atoms with E-state index in [4.69, 9.17) is 16.3 Å². The Kier molecular flexibility index (Phi) is 6.88. The number of amides is 2. The van der Waals surface area contributed by atoms with Crippen LogP contribution < -0.4 is 10.1 Å². The number of hydrogen-bond acceptors (Lipinski definition) is 4. The highest BCUT2D eigenvalue weighted by Crippen LogP contribution is 2.18. The molecule has 2 amide bonds. The Morgan fingerprint density at radius 2 is 1.83 bits per heavy atom. The van der Waals surface area contributed by atoms with Crippen LogP contribution in [0.5, 0.6) is 5.75 Å². The average molecular weight is 415 g/mol. The first-order valence-corrected chi connectivity index (χ1v) is 9.90. The van der Waals surface area contributed by atoms with Crippen molar-refractivity contribution < 1.29 is 19.1 Å². The van der Waals surface area contributed by atoms with Crippen LogP contribution in [0.1, 0.15) is 35.7 Å². The molecule has 6 nitrogen and oxygen atoms in total. The van der Waals surface area contributed by atoms with Crippen LogP contribution in [0.3, 0.4) is 0 Å². The summed E-state index contributed by atoms with van der Waals surface area (Å²) in [7, 11) is 0. The lowest BCUT2D eigenvalue weighted by Gasteiger charge is -2.32. The minimum Gasteiger partial charge on any atom is -0.427 e. The number of likely N-dealkylation sites (tertiary alicyclic amines) is 1. The fraction of sp³-hybridized carbons (Fsp3) is 0.318. The lowest BCUT2D eigenvalue weighted by molar-refractivity contribution is -0.131. The third kappa shape index (κ3) is 6.06. The largest absolute Gasteiger partial charge is 0.427 e. The molecule has 0 aliphatic carbocycles. The fourth-order valence-electron chi connectivity index (χ4n) is 3.38. The van der Waals surface area contributed by atoms with Crippen molar-refractivity contribution >= 4 is 29.4 Å². The Labute approximate surface area is 174 Å². The van der Waals surface area contributed by atoms with E-state index in [1.54, 1.807) is 41.3 Å². The molecule has 0 atom stereocenters. The maximum atomic E-state index is 12.7. The van der Waals surface area contributed by atoms with Crippen LogP contribution in [0.2, 0.25) is 5.02 Å². The van der Waals surface area contributed by atoms with Gasteiger partial charge in [0.25, 0.3) is 5.91 Å². The molecular formula is C22H23ClN2O4. The van der Waals surface area contributed by atoms with Gasteiger partial charge in [0.05, 0.1) is 6.42 Å². The van der Waals surface area contributed by atoms with Gasteiger partial charge in [-0.3, -0.25) is 14.4 Å². The second-order valence-electron chi connectivity index (χ2n) is 7.06. The molecule has 2 aromatic rings. The molecule has 152 valence electrons. The third-order valence-corrected chi connectivity index (χ3v) is 4.98. The Morgan fingerprint density at radius 1 is 1.10 bits per heavy atom. The first kappa shape index (κ1) is 20.9. The zero-order valence-electron chi connectivity index (χ0n) is 16.2. The van der Waals surface area contributed by atoms with Crippen molar-refractivity contribution in [1.29, 1.82) is 0 Å². The summed E-state index contributed by atoms with van der Waals surface area (Å²) in [4.78, 5) is 37.9. The Bertz CT molecular complexity index is 907. The van der Waals surface area contributed by atoms with E-state index in [0.29, 0.717) is 42.3 Å². The normalized spacial score (nSPS) is 14.3. The highest BCUT2D eigenvalue weighted by molar-refractivity contribution is 6.30. The highest BCUT2D eigenvalue weighted by Gasteiger charge is 2.25. The topological polar surface area (TPSA) is 75.7 Å². The Balaban J connectivity index is 1.50. The number of carbonyl (C=O) groups excluding carboxylic acids is 3. The second kappa shape index (κ2) is 9.56. The maximum Gasteiger partial charge on any atom is 0.308 e. The van der Waals surface area contributed by atoms with Gasteiger partial charge in [0.2, 0.25) is 5.91 Å². The van der Waals surface area contributed by atoms with Crippen LogP contribution in [0.15, 0.2) is 48.5 Å². The quantitative estimate of drug-likeness (QED) is 0.602. The van der Waals surface area contributed by atoms with Gasteiger partial charge in [-0.05, 0) is 48.7 Å². The van der Waals surface area contributed by atoms with E-state index in [9.17, 15) is 14.4 Å². The molecule has 1 aliphatic heterocycles. The Morgan fingerprint density at radius 3 is 2.52 bits per heavy atom. The van der Waals surface area contributed by atoms with Crippen LogP contribution in [0.25, 0.3) is 0 Å². The van der Waals surface area contributed by atoms with E-state index in [1.807, 2.05) is 12.1 Å². The predicted molar refractivity (Wildman–Crippen MR) is 110 cm³/mol. The molecule has 1 fully saturated rings. The van der Waals surface area contributed by atoms with Crippen molar-refractivity contribution in [2.75, 3.05) is 13.1 Å². The maximum absolute atomic E-state index is 12.7. The van der Waals surface area contributed by atoms with Crippen LogP contribution in [-0.2, 0) is 16.0 Å². The zero-order valence-corrected chi connectivity index (χ0v) is 16.9. The number of ether oxygens (including phenoxy) is 1. The van der Waals surface area contributed by atoms with Gasteiger partial charge >= 0.3 is 5.97 Å². The molecule has 1 saturated heterocycles. The van der Waals surface area contributed by atoms with E-state index in [1.165, 1.54) is 6.92 Å². The van der Waals surface area contributed by atoms with Crippen molar-refractivity contribution in [3.05, 3.63) is 64.7 Å². The molecule has 0 bridgehead atoms. The molecule has 2 aromatic carbocycles. The van der Waals surface area contributed by atoms with Crippen molar-refractivity contribution in [1.82, 2.24) is 10.2 Å². The molecule has 0 unspecified atom stereocenters. The molecule has 29 heavy (non-hydrogen) atoms. The molecule has 1 heterocycles. The minimum atomic E-state index is -0.427. The smallest absolute Gasteiger partial charge is 0.308 e. The standard InChI is InChI=1S/C22H23ClN2O4/c1-15(26)29-20-7-3-5-17(14-20)22(28)25-10-8-19(9-11-25)24-21(27)13-16-4-2-6-18(23)12-16/h2-7,12,14,19H,8-11,13H2,1H3,(H,24,27). The van der Waals surface area contributed by atoms with Gasteiger partial charge < -0.3 is 15.0 Å². The van der Waals surface area contributed by atoms with Gasteiger partial charge in [-0.25, -0.2) is 0 Å². The predicted octanol–water partition coefficient (Wildman–Crippen LogP) is 3.23. The zero-order chi connectivity index (χ0) is 20.8. The van der Waals surface area contributed by atoms with E-state index in [2.05, 4.69) is 5.32 Å². The van der Waals surface area contributed by atoms with E-state index in [0.717, 1.165) is 5.56 Å². The van der Waals surface area contributed by atoms with Crippen LogP contribution in [0.4, 0.5) is 0 Å². The lowest BCUT2D eigenvalue weighted by atomic mass is 10.0. The number of benzene rings is 2. The van der Waals surface area contributed by atoms with Crippen molar-refractivity contribution in [3.8, 4) is 5.75 Å². The first-order valence-electron chi connectivity index (χ1n) is 9.52. The summed E-state index contributed by atoms with van der Waals surface area (Å²) in [6.07, 6.45) is 1.66. The van der Waals surface area contributed by atoms with Crippen LogP contribution in [-0.4, -0.2) is 41.8 Å². The molecule has 0 radical (unpaired) electrons. The molecule has 7 heteroatoms. The van der Waals surface area contributed by atoms with Gasteiger partial charge in [0.1, 0.15) is 5.75 Å². The SMILES string of the molecule is CC(=O)Oc1cccc(C(=O)N2CCC(NC(=O)Cc3cccc(Cl)c3)CC2)c1. The molecule has 0 saturated carbocycles. The van der Waals surface area contributed by atoms with Crippen molar-refractivity contribution in [3.63, 3.8) is 0 Å². The molecular weight excluding hydrogens is 392 g/mol. The van der Waals surface area contributed by atoms with Gasteiger partial charge in [-0.2, -0.15) is 0 Å². The summed E-state index contributed by atoms with van der Waals surface area (Å²) < 4.78 is 5.04.